The standard InChI is InChI=1S/C14H12N2S/c1-9-6-10(2)8-11(7-9)14-16-13-12(17-14)4-3-5-15-13/h3-8H,1-2H3. The van der Waals surface area contributed by atoms with Gasteiger partial charge in [-0.05, 0) is 38.1 Å². The lowest BCUT2D eigenvalue weighted by Crippen LogP contribution is -1.82. The minimum Gasteiger partial charge on any atom is -0.236 e. The summed E-state index contributed by atoms with van der Waals surface area (Å²) in [6.45, 7) is 4.23. The van der Waals surface area contributed by atoms with Crippen molar-refractivity contribution in [1.29, 1.82) is 0 Å². The van der Waals surface area contributed by atoms with Crippen molar-refractivity contribution in [2.24, 2.45) is 0 Å². The molecule has 0 saturated carbocycles. The molecule has 1 aromatic carbocycles. The first-order valence-corrected chi connectivity index (χ1v) is 6.34. The van der Waals surface area contributed by atoms with E-state index in [1.165, 1.54) is 16.7 Å². The molecular weight excluding hydrogens is 228 g/mol. The Balaban J connectivity index is 2.20. The van der Waals surface area contributed by atoms with Gasteiger partial charge in [0.1, 0.15) is 5.01 Å². The molecule has 0 bridgehead atoms. The molecule has 0 atom stereocenters. The third kappa shape index (κ3) is 1.94. The van der Waals surface area contributed by atoms with E-state index in [0.717, 1.165) is 15.4 Å². The smallest absolute Gasteiger partial charge is 0.170 e. The fraction of sp³-hybridized carbons (Fsp3) is 0.143. The largest absolute Gasteiger partial charge is 0.236 e. The zero-order chi connectivity index (χ0) is 11.8. The van der Waals surface area contributed by atoms with Crippen molar-refractivity contribution in [1.82, 2.24) is 9.97 Å². The van der Waals surface area contributed by atoms with Gasteiger partial charge in [-0.2, -0.15) is 0 Å². The van der Waals surface area contributed by atoms with Gasteiger partial charge in [0.15, 0.2) is 5.65 Å². The number of nitrogens with zero attached hydrogens (tertiary/aromatic N) is 2. The van der Waals surface area contributed by atoms with Gasteiger partial charge in [-0.25, -0.2) is 9.97 Å². The highest BCUT2D eigenvalue weighted by Gasteiger charge is 2.07. The number of aromatic nitrogens is 2. The number of benzene rings is 1. The Kier molecular flexibility index (Phi) is 2.41. The Bertz CT molecular complexity index is 632. The predicted molar refractivity (Wildman–Crippen MR) is 72.3 cm³/mol. The number of hydrogen-bond donors (Lipinski definition) is 0. The van der Waals surface area contributed by atoms with Crippen LogP contribution < -0.4 is 0 Å². The van der Waals surface area contributed by atoms with Gasteiger partial charge in [-0.3, -0.25) is 0 Å². The Hall–Kier alpha value is -1.74. The number of aryl methyl sites for hydroxylation is 2. The van der Waals surface area contributed by atoms with Crippen LogP contribution in [-0.2, 0) is 0 Å². The number of thiazole rings is 1. The highest BCUT2D eigenvalue weighted by molar-refractivity contribution is 7.21. The molecule has 0 fully saturated rings. The lowest BCUT2D eigenvalue weighted by Gasteiger charge is -2.00. The predicted octanol–water partition coefficient (Wildman–Crippen LogP) is 3.98. The molecule has 17 heavy (non-hydrogen) atoms. The molecule has 2 aromatic heterocycles. The Morgan fingerprint density at radius 1 is 1.06 bits per heavy atom. The monoisotopic (exact) mass is 240 g/mol. The Labute approximate surface area is 104 Å². The van der Waals surface area contributed by atoms with E-state index in [-0.39, 0.29) is 0 Å². The molecule has 0 saturated heterocycles. The summed E-state index contributed by atoms with van der Waals surface area (Å²) < 4.78 is 1.14. The molecule has 2 nitrogen and oxygen atoms in total. The van der Waals surface area contributed by atoms with E-state index in [1.807, 2.05) is 6.07 Å². The van der Waals surface area contributed by atoms with Gasteiger partial charge < -0.3 is 0 Å². The van der Waals surface area contributed by atoms with Crippen LogP contribution in [0.15, 0.2) is 36.5 Å². The van der Waals surface area contributed by atoms with Crippen LogP contribution in [0.4, 0.5) is 0 Å². The van der Waals surface area contributed by atoms with Crippen LogP contribution in [0.25, 0.3) is 20.9 Å². The van der Waals surface area contributed by atoms with Gasteiger partial charge in [-0.1, -0.05) is 17.2 Å². The maximum absolute atomic E-state index is 4.57. The van der Waals surface area contributed by atoms with Crippen molar-refractivity contribution < 1.29 is 0 Å². The maximum Gasteiger partial charge on any atom is 0.170 e. The van der Waals surface area contributed by atoms with Crippen LogP contribution in [-0.4, -0.2) is 9.97 Å². The first-order chi connectivity index (χ1) is 8.22. The topological polar surface area (TPSA) is 25.8 Å². The van der Waals surface area contributed by atoms with Crippen LogP contribution in [0.3, 0.4) is 0 Å². The van der Waals surface area contributed by atoms with E-state index in [0.29, 0.717) is 0 Å². The molecule has 0 radical (unpaired) electrons. The van der Waals surface area contributed by atoms with Crippen molar-refractivity contribution in [3.63, 3.8) is 0 Å². The van der Waals surface area contributed by atoms with E-state index in [4.69, 9.17) is 0 Å². The fourth-order valence-corrected chi connectivity index (χ4v) is 2.90. The van der Waals surface area contributed by atoms with E-state index >= 15 is 0 Å². The third-order valence-electron chi connectivity index (χ3n) is 2.63. The summed E-state index contributed by atoms with van der Waals surface area (Å²) in [7, 11) is 0. The number of rotatable bonds is 1. The summed E-state index contributed by atoms with van der Waals surface area (Å²) in [6, 6.07) is 10.5. The SMILES string of the molecule is Cc1cc(C)cc(-c2nc3ncccc3s2)c1. The molecule has 84 valence electrons. The van der Waals surface area contributed by atoms with Crippen LogP contribution in [0.5, 0.6) is 0 Å². The maximum atomic E-state index is 4.57. The second kappa shape index (κ2) is 3.93. The highest BCUT2D eigenvalue weighted by atomic mass is 32.1. The molecule has 0 unspecified atom stereocenters. The molecule has 0 amide bonds. The van der Waals surface area contributed by atoms with Crippen LogP contribution >= 0.6 is 11.3 Å². The summed E-state index contributed by atoms with van der Waals surface area (Å²) in [5, 5.41) is 1.05. The second-order valence-electron chi connectivity index (χ2n) is 4.22. The molecule has 0 aliphatic carbocycles. The molecule has 0 aliphatic rings. The minimum absolute atomic E-state index is 0.839. The van der Waals surface area contributed by atoms with E-state index in [1.54, 1.807) is 17.5 Å². The van der Waals surface area contributed by atoms with Gasteiger partial charge >= 0.3 is 0 Å². The van der Waals surface area contributed by atoms with Crippen LogP contribution in [0.1, 0.15) is 11.1 Å². The summed E-state index contributed by atoms with van der Waals surface area (Å²) in [5.41, 5.74) is 4.57. The zero-order valence-corrected chi connectivity index (χ0v) is 10.6. The van der Waals surface area contributed by atoms with Crippen molar-refractivity contribution in [2.45, 2.75) is 13.8 Å². The Morgan fingerprint density at radius 2 is 1.82 bits per heavy atom. The van der Waals surface area contributed by atoms with Gasteiger partial charge in [0.05, 0.1) is 4.70 Å². The molecule has 0 N–H and O–H groups in total. The summed E-state index contributed by atoms with van der Waals surface area (Å²) in [5.74, 6) is 0. The first-order valence-electron chi connectivity index (χ1n) is 5.52. The molecule has 0 aliphatic heterocycles. The van der Waals surface area contributed by atoms with Gasteiger partial charge in [0.2, 0.25) is 0 Å². The van der Waals surface area contributed by atoms with Crippen molar-refractivity contribution in [3.8, 4) is 10.6 Å². The van der Waals surface area contributed by atoms with Gasteiger partial charge in [-0.15, -0.1) is 11.3 Å². The molecule has 2 heterocycles. The quantitative estimate of drug-likeness (QED) is 0.643. The van der Waals surface area contributed by atoms with Crippen molar-refractivity contribution in [2.75, 3.05) is 0 Å². The van der Waals surface area contributed by atoms with E-state index in [9.17, 15) is 0 Å². The van der Waals surface area contributed by atoms with Crippen LogP contribution in [0.2, 0.25) is 0 Å². The lowest BCUT2D eigenvalue weighted by atomic mass is 10.1. The van der Waals surface area contributed by atoms with Crippen molar-refractivity contribution in [3.05, 3.63) is 47.7 Å². The average Bonchev–Trinajstić information content (AvgIpc) is 2.71. The Morgan fingerprint density at radius 3 is 2.53 bits per heavy atom. The van der Waals surface area contributed by atoms with Gasteiger partial charge in [0, 0.05) is 11.8 Å². The third-order valence-corrected chi connectivity index (χ3v) is 3.69. The van der Waals surface area contributed by atoms with Crippen LogP contribution in [0, 0.1) is 13.8 Å². The second-order valence-corrected chi connectivity index (χ2v) is 5.25. The first kappa shape index (κ1) is 10.4. The zero-order valence-electron chi connectivity index (χ0n) is 9.77. The molecular formula is C14H12N2S. The summed E-state index contributed by atoms with van der Waals surface area (Å²) in [4.78, 5) is 8.84. The summed E-state index contributed by atoms with van der Waals surface area (Å²) in [6.07, 6.45) is 1.79. The fourth-order valence-electron chi connectivity index (χ4n) is 1.99. The molecule has 0 spiro atoms. The minimum atomic E-state index is 0.839. The lowest BCUT2D eigenvalue weighted by molar-refractivity contribution is 1.32. The van der Waals surface area contributed by atoms with Gasteiger partial charge in [0.25, 0.3) is 0 Å². The molecule has 3 aromatic rings. The number of pyridine rings is 1. The van der Waals surface area contributed by atoms with Crippen molar-refractivity contribution >= 4 is 21.7 Å². The molecule has 3 rings (SSSR count). The summed E-state index contributed by atoms with van der Waals surface area (Å²) >= 11 is 1.69. The number of hydrogen-bond acceptors (Lipinski definition) is 3. The normalized spacial score (nSPS) is 10.9. The van der Waals surface area contributed by atoms with E-state index in [2.05, 4.69) is 48.1 Å². The highest BCUT2D eigenvalue weighted by Crippen LogP contribution is 2.29. The van der Waals surface area contributed by atoms with E-state index < -0.39 is 0 Å². The number of fused-ring (bicyclic) bond motifs is 1. The average molecular weight is 240 g/mol. The molecule has 3 heteroatoms.